The van der Waals surface area contributed by atoms with E-state index in [0.717, 1.165) is 18.8 Å². The van der Waals surface area contributed by atoms with Crippen molar-refractivity contribution in [3.63, 3.8) is 0 Å². The zero-order valence-electron chi connectivity index (χ0n) is 11.2. The summed E-state index contributed by atoms with van der Waals surface area (Å²) in [5.74, 6) is 0.615. The SMILES string of the molecule is C=CN1CCC(C2=Cc3ccccc3NC2=C)CC1. The molecule has 0 aliphatic carbocycles. The summed E-state index contributed by atoms with van der Waals surface area (Å²) in [6, 6.07) is 8.41. The van der Waals surface area contributed by atoms with Gasteiger partial charge in [0.2, 0.25) is 0 Å². The summed E-state index contributed by atoms with van der Waals surface area (Å²) in [4.78, 5) is 2.30. The Hall–Kier alpha value is -1.96. The van der Waals surface area contributed by atoms with E-state index in [4.69, 9.17) is 0 Å². The topological polar surface area (TPSA) is 15.3 Å². The lowest BCUT2D eigenvalue weighted by molar-refractivity contribution is 0.267. The normalized spacial score (nSPS) is 19.5. The van der Waals surface area contributed by atoms with Gasteiger partial charge < -0.3 is 10.2 Å². The Bertz CT molecular complexity index is 534. The molecule has 0 amide bonds. The van der Waals surface area contributed by atoms with E-state index in [-0.39, 0.29) is 0 Å². The van der Waals surface area contributed by atoms with Gasteiger partial charge in [-0.25, -0.2) is 0 Å². The van der Waals surface area contributed by atoms with Crippen LogP contribution in [0.4, 0.5) is 5.69 Å². The highest BCUT2D eigenvalue weighted by molar-refractivity contribution is 5.77. The fourth-order valence-corrected chi connectivity index (χ4v) is 2.98. The highest BCUT2D eigenvalue weighted by Gasteiger charge is 2.24. The van der Waals surface area contributed by atoms with Crippen molar-refractivity contribution >= 4 is 11.8 Å². The van der Waals surface area contributed by atoms with Crippen molar-refractivity contribution in [1.82, 2.24) is 4.90 Å². The third kappa shape index (κ3) is 2.30. The zero-order valence-corrected chi connectivity index (χ0v) is 11.2. The summed E-state index contributed by atoms with van der Waals surface area (Å²) < 4.78 is 0. The van der Waals surface area contributed by atoms with Gasteiger partial charge in [0.25, 0.3) is 0 Å². The Morgan fingerprint density at radius 1 is 1.21 bits per heavy atom. The molecule has 2 nitrogen and oxygen atoms in total. The monoisotopic (exact) mass is 252 g/mol. The number of likely N-dealkylation sites (tertiary alicyclic amines) is 1. The summed E-state index contributed by atoms with van der Waals surface area (Å²) in [7, 11) is 0. The molecule has 0 radical (unpaired) electrons. The van der Waals surface area contributed by atoms with Gasteiger partial charge in [0, 0.05) is 24.5 Å². The van der Waals surface area contributed by atoms with Crippen molar-refractivity contribution in [3.05, 3.63) is 60.5 Å². The molecule has 1 aromatic rings. The quantitative estimate of drug-likeness (QED) is 0.859. The summed E-state index contributed by atoms with van der Waals surface area (Å²) >= 11 is 0. The molecule has 0 atom stereocenters. The first-order valence-electron chi connectivity index (χ1n) is 6.91. The number of allylic oxidation sites excluding steroid dienone is 1. The number of fused-ring (bicyclic) bond motifs is 1. The first-order valence-corrected chi connectivity index (χ1v) is 6.91. The number of benzene rings is 1. The molecule has 1 fully saturated rings. The van der Waals surface area contributed by atoms with Crippen LogP contribution in [0.3, 0.4) is 0 Å². The first-order chi connectivity index (χ1) is 9.28. The van der Waals surface area contributed by atoms with E-state index in [1.165, 1.54) is 29.7 Å². The van der Waals surface area contributed by atoms with E-state index >= 15 is 0 Å². The van der Waals surface area contributed by atoms with Gasteiger partial charge in [-0.15, -0.1) is 0 Å². The minimum atomic E-state index is 0.615. The number of piperidine rings is 1. The highest BCUT2D eigenvalue weighted by atomic mass is 15.1. The second kappa shape index (κ2) is 4.96. The van der Waals surface area contributed by atoms with Crippen LogP contribution in [0.5, 0.6) is 0 Å². The lowest BCUT2D eigenvalue weighted by Gasteiger charge is -2.34. The van der Waals surface area contributed by atoms with Gasteiger partial charge in [0.1, 0.15) is 0 Å². The van der Waals surface area contributed by atoms with Crippen LogP contribution in [0.2, 0.25) is 0 Å². The van der Waals surface area contributed by atoms with Gasteiger partial charge in [0.15, 0.2) is 0 Å². The average molecular weight is 252 g/mol. The maximum Gasteiger partial charge on any atom is 0.0457 e. The van der Waals surface area contributed by atoms with E-state index in [9.17, 15) is 0 Å². The second-order valence-electron chi connectivity index (χ2n) is 5.28. The summed E-state index contributed by atoms with van der Waals surface area (Å²) in [5.41, 5.74) is 4.88. The number of hydrogen-bond donors (Lipinski definition) is 1. The van der Waals surface area contributed by atoms with Gasteiger partial charge >= 0.3 is 0 Å². The predicted octanol–water partition coefficient (Wildman–Crippen LogP) is 3.86. The Labute approximate surface area is 115 Å². The van der Waals surface area contributed by atoms with Crippen molar-refractivity contribution in [1.29, 1.82) is 0 Å². The molecular weight excluding hydrogens is 232 g/mol. The molecule has 1 N–H and O–H groups in total. The van der Waals surface area contributed by atoms with Crippen molar-refractivity contribution in [2.75, 3.05) is 18.4 Å². The molecule has 2 heterocycles. The van der Waals surface area contributed by atoms with Gasteiger partial charge in [-0.3, -0.25) is 0 Å². The minimum absolute atomic E-state index is 0.615. The van der Waals surface area contributed by atoms with Crippen LogP contribution in [-0.2, 0) is 0 Å². The largest absolute Gasteiger partial charge is 0.378 e. The molecule has 3 rings (SSSR count). The number of hydrogen-bond acceptors (Lipinski definition) is 2. The summed E-state index contributed by atoms with van der Waals surface area (Å²) in [5, 5.41) is 3.44. The second-order valence-corrected chi connectivity index (χ2v) is 5.28. The number of nitrogens with one attached hydrogen (secondary N) is 1. The van der Waals surface area contributed by atoms with E-state index in [1.54, 1.807) is 0 Å². The lowest BCUT2D eigenvalue weighted by atomic mass is 9.85. The predicted molar refractivity (Wildman–Crippen MR) is 81.7 cm³/mol. The molecule has 0 saturated carbocycles. The van der Waals surface area contributed by atoms with Gasteiger partial charge in [0.05, 0.1) is 0 Å². The fourth-order valence-electron chi connectivity index (χ4n) is 2.98. The Balaban J connectivity index is 1.83. The van der Waals surface area contributed by atoms with Gasteiger partial charge in [-0.1, -0.05) is 31.4 Å². The van der Waals surface area contributed by atoms with Crippen LogP contribution < -0.4 is 5.32 Å². The molecule has 2 aliphatic rings. The van der Waals surface area contributed by atoms with Crippen molar-refractivity contribution in [3.8, 4) is 0 Å². The number of rotatable bonds is 2. The van der Waals surface area contributed by atoms with Crippen molar-refractivity contribution < 1.29 is 0 Å². The lowest BCUT2D eigenvalue weighted by Crippen LogP contribution is -2.31. The molecule has 0 aromatic heterocycles. The first kappa shape index (κ1) is 12.1. The fraction of sp³-hybridized carbons (Fsp3) is 0.294. The molecule has 1 saturated heterocycles. The Morgan fingerprint density at radius 3 is 2.68 bits per heavy atom. The summed E-state index contributed by atoms with van der Waals surface area (Å²) in [6.07, 6.45) is 6.62. The Kier molecular flexibility index (Phi) is 3.16. The van der Waals surface area contributed by atoms with Crippen LogP contribution in [-0.4, -0.2) is 18.0 Å². The smallest absolute Gasteiger partial charge is 0.0457 e. The minimum Gasteiger partial charge on any atom is -0.378 e. The summed E-state index contributed by atoms with van der Waals surface area (Å²) in [6.45, 7) is 10.2. The number of anilines is 1. The van der Waals surface area contributed by atoms with E-state index < -0.39 is 0 Å². The molecule has 98 valence electrons. The van der Waals surface area contributed by atoms with Crippen LogP contribution in [0, 0.1) is 5.92 Å². The van der Waals surface area contributed by atoms with E-state index in [1.807, 2.05) is 6.20 Å². The van der Waals surface area contributed by atoms with Crippen LogP contribution in [0.1, 0.15) is 18.4 Å². The number of nitrogens with zero attached hydrogens (tertiary/aromatic N) is 1. The van der Waals surface area contributed by atoms with Crippen LogP contribution in [0.15, 0.2) is 54.9 Å². The zero-order chi connectivity index (χ0) is 13.2. The van der Waals surface area contributed by atoms with Gasteiger partial charge in [-0.2, -0.15) is 0 Å². The van der Waals surface area contributed by atoms with E-state index in [0.29, 0.717) is 5.92 Å². The van der Waals surface area contributed by atoms with Crippen LogP contribution >= 0.6 is 0 Å². The third-order valence-electron chi connectivity index (χ3n) is 4.13. The average Bonchev–Trinajstić information content (AvgIpc) is 2.47. The molecule has 2 aliphatic heterocycles. The molecule has 0 unspecified atom stereocenters. The molecule has 2 heteroatoms. The third-order valence-corrected chi connectivity index (χ3v) is 4.13. The standard InChI is InChI=1S/C17H20N2/c1-3-19-10-8-14(9-11-19)16-12-15-6-4-5-7-17(15)18-13(16)2/h3-7,12,14,18H,1-2,8-11H2. The van der Waals surface area contributed by atoms with E-state index in [2.05, 4.69) is 53.7 Å². The highest BCUT2D eigenvalue weighted by Crippen LogP contribution is 2.36. The Morgan fingerprint density at radius 2 is 1.95 bits per heavy atom. The molecular formula is C17H20N2. The molecule has 0 bridgehead atoms. The van der Waals surface area contributed by atoms with Crippen molar-refractivity contribution in [2.45, 2.75) is 12.8 Å². The van der Waals surface area contributed by atoms with Crippen molar-refractivity contribution in [2.24, 2.45) is 5.92 Å². The maximum atomic E-state index is 4.20. The molecule has 1 aromatic carbocycles. The molecule has 19 heavy (non-hydrogen) atoms. The maximum absolute atomic E-state index is 4.20. The van der Waals surface area contributed by atoms with Crippen LogP contribution in [0.25, 0.3) is 6.08 Å². The van der Waals surface area contributed by atoms with Gasteiger partial charge in [-0.05, 0) is 48.2 Å². The number of para-hydroxylation sites is 1. The molecule has 0 spiro atoms.